The second-order valence-electron chi connectivity index (χ2n) is 4.69. The van der Waals surface area contributed by atoms with E-state index in [2.05, 4.69) is 12.3 Å². The molecule has 0 fully saturated rings. The van der Waals surface area contributed by atoms with E-state index in [4.69, 9.17) is 4.74 Å². The maximum Gasteiger partial charge on any atom is 0.338 e. The SMILES string of the molecule is C=C=C(CCCC(C)O)c1ccc(C(=O)OCC)cc1. The molecule has 1 aromatic carbocycles. The highest BCUT2D eigenvalue weighted by Gasteiger charge is 2.07. The molecule has 0 heterocycles. The van der Waals surface area contributed by atoms with Crippen LogP contribution in [0.5, 0.6) is 0 Å². The summed E-state index contributed by atoms with van der Waals surface area (Å²) in [6, 6.07) is 7.25. The molecule has 0 spiro atoms. The standard InChI is InChI=1S/C17H22O3/c1-4-14(8-6-7-13(3)18)15-9-11-16(12-10-15)17(19)20-5-2/h9-13,18H,1,5-8H2,2-3H3. The third kappa shape index (κ3) is 5.04. The van der Waals surface area contributed by atoms with Crippen molar-refractivity contribution in [1.29, 1.82) is 0 Å². The molecule has 0 saturated heterocycles. The second kappa shape index (κ2) is 8.36. The molecule has 0 aliphatic carbocycles. The molecule has 0 saturated carbocycles. The van der Waals surface area contributed by atoms with E-state index < -0.39 is 0 Å². The molecular weight excluding hydrogens is 252 g/mol. The fourth-order valence-corrected chi connectivity index (χ4v) is 1.93. The van der Waals surface area contributed by atoms with Gasteiger partial charge in [-0.2, -0.15) is 0 Å². The minimum Gasteiger partial charge on any atom is -0.462 e. The Hall–Kier alpha value is -1.83. The highest BCUT2D eigenvalue weighted by Crippen LogP contribution is 2.20. The Labute approximate surface area is 120 Å². The number of esters is 1. The number of carbonyl (C=O) groups excluding carboxylic acids is 1. The quantitative estimate of drug-likeness (QED) is 0.610. The van der Waals surface area contributed by atoms with Crippen LogP contribution in [-0.2, 0) is 4.74 Å². The monoisotopic (exact) mass is 274 g/mol. The van der Waals surface area contributed by atoms with E-state index in [0.717, 1.165) is 30.4 Å². The number of hydrogen-bond acceptors (Lipinski definition) is 3. The molecule has 0 aliphatic heterocycles. The van der Waals surface area contributed by atoms with Gasteiger partial charge in [-0.05, 0) is 50.8 Å². The number of aliphatic hydroxyl groups is 1. The lowest BCUT2D eigenvalue weighted by atomic mass is 9.99. The normalized spacial score (nSPS) is 11.6. The van der Waals surface area contributed by atoms with Crippen LogP contribution in [0.25, 0.3) is 5.57 Å². The maximum absolute atomic E-state index is 11.6. The van der Waals surface area contributed by atoms with E-state index in [1.54, 1.807) is 26.0 Å². The molecule has 1 aromatic rings. The molecule has 1 N–H and O–H groups in total. The summed E-state index contributed by atoms with van der Waals surface area (Å²) >= 11 is 0. The molecule has 0 bridgehead atoms. The minimum atomic E-state index is -0.308. The summed E-state index contributed by atoms with van der Waals surface area (Å²) in [7, 11) is 0. The number of allylic oxidation sites excluding steroid dienone is 1. The van der Waals surface area contributed by atoms with Crippen LogP contribution >= 0.6 is 0 Å². The van der Waals surface area contributed by atoms with Gasteiger partial charge in [0.25, 0.3) is 0 Å². The van der Waals surface area contributed by atoms with Crippen molar-refractivity contribution >= 4 is 11.5 Å². The average molecular weight is 274 g/mol. The van der Waals surface area contributed by atoms with Gasteiger partial charge in [0.2, 0.25) is 0 Å². The predicted molar refractivity (Wildman–Crippen MR) is 80.5 cm³/mol. The Morgan fingerprint density at radius 3 is 2.45 bits per heavy atom. The van der Waals surface area contributed by atoms with Gasteiger partial charge in [0.05, 0.1) is 18.3 Å². The molecular formula is C17H22O3. The molecule has 0 aliphatic rings. The van der Waals surface area contributed by atoms with Crippen LogP contribution in [0, 0.1) is 0 Å². The van der Waals surface area contributed by atoms with Crippen LogP contribution in [0.2, 0.25) is 0 Å². The van der Waals surface area contributed by atoms with Crippen molar-refractivity contribution < 1.29 is 14.6 Å². The van der Waals surface area contributed by atoms with Crippen LogP contribution in [0.3, 0.4) is 0 Å². The van der Waals surface area contributed by atoms with Crippen LogP contribution in [0.1, 0.15) is 49.0 Å². The van der Waals surface area contributed by atoms with Gasteiger partial charge in [-0.3, -0.25) is 0 Å². The second-order valence-corrected chi connectivity index (χ2v) is 4.69. The van der Waals surface area contributed by atoms with Crippen LogP contribution in [-0.4, -0.2) is 23.8 Å². The van der Waals surface area contributed by atoms with Gasteiger partial charge in [-0.1, -0.05) is 18.7 Å². The van der Waals surface area contributed by atoms with Crippen molar-refractivity contribution in [2.24, 2.45) is 0 Å². The molecule has 0 aromatic heterocycles. The number of aliphatic hydroxyl groups excluding tert-OH is 1. The zero-order chi connectivity index (χ0) is 15.0. The Bertz CT molecular complexity index is 479. The van der Waals surface area contributed by atoms with Crippen molar-refractivity contribution in [2.75, 3.05) is 6.61 Å². The highest BCUT2D eigenvalue weighted by atomic mass is 16.5. The van der Waals surface area contributed by atoms with Crippen molar-refractivity contribution in [3.63, 3.8) is 0 Å². The van der Waals surface area contributed by atoms with Crippen molar-refractivity contribution in [3.8, 4) is 0 Å². The number of carbonyl (C=O) groups is 1. The van der Waals surface area contributed by atoms with Crippen molar-refractivity contribution in [3.05, 3.63) is 47.7 Å². The lowest BCUT2D eigenvalue weighted by Crippen LogP contribution is -2.04. The number of rotatable bonds is 7. The Balaban J connectivity index is 2.70. The van der Waals surface area contributed by atoms with Gasteiger partial charge in [-0.25, -0.2) is 4.79 Å². The van der Waals surface area contributed by atoms with Gasteiger partial charge < -0.3 is 9.84 Å². The molecule has 0 amide bonds. The van der Waals surface area contributed by atoms with E-state index in [1.807, 2.05) is 12.1 Å². The third-order valence-corrected chi connectivity index (χ3v) is 3.01. The number of hydrogen-bond donors (Lipinski definition) is 1. The lowest BCUT2D eigenvalue weighted by molar-refractivity contribution is 0.0526. The first-order valence-electron chi connectivity index (χ1n) is 6.93. The van der Waals surface area contributed by atoms with Crippen molar-refractivity contribution in [1.82, 2.24) is 0 Å². The molecule has 0 radical (unpaired) electrons. The smallest absolute Gasteiger partial charge is 0.338 e. The number of ether oxygens (including phenoxy) is 1. The molecule has 1 unspecified atom stereocenters. The molecule has 3 nitrogen and oxygen atoms in total. The van der Waals surface area contributed by atoms with Crippen LogP contribution < -0.4 is 0 Å². The molecule has 1 atom stereocenters. The number of benzene rings is 1. The fourth-order valence-electron chi connectivity index (χ4n) is 1.93. The zero-order valence-corrected chi connectivity index (χ0v) is 12.2. The summed E-state index contributed by atoms with van der Waals surface area (Å²) in [6.07, 6.45) is 2.17. The first kappa shape index (κ1) is 16.2. The molecule has 20 heavy (non-hydrogen) atoms. The van der Waals surface area contributed by atoms with E-state index in [0.29, 0.717) is 12.2 Å². The topological polar surface area (TPSA) is 46.5 Å². The summed E-state index contributed by atoms with van der Waals surface area (Å²) in [5, 5.41) is 9.26. The summed E-state index contributed by atoms with van der Waals surface area (Å²) in [4.78, 5) is 11.6. The van der Waals surface area contributed by atoms with Gasteiger partial charge in [0, 0.05) is 5.57 Å². The molecule has 3 heteroatoms. The average Bonchev–Trinajstić information content (AvgIpc) is 2.44. The Kier molecular flexibility index (Phi) is 6.78. The summed E-state index contributed by atoms with van der Waals surface area (Å²) in [5.41, 5.74) is 5.48. The highest BCUT2D eigenvalue weighted by molar-refractivity contribution is 5.89. The predicted octanol–water partition coefficient (Wildman–Crippen LogP) is 3.58. The fraction of sp³-hybridized carbons (Fsp3) is 0.412. The van der Waals surface area contributed by atoms with Crippen LogP contribution in [0.15, 0.2) is 36.6 Å². The van der Waals surface area contributed by atoms with Gasteiger partial charge in [0.15, 0.2) is 0 Å². The van der Waals surface area contributed by atoms with Crippen LogP contribution in [0.4, 0.5) is 0 Å². The lowest BCUT2D eigenvalue weighted by Gasteiger charge is -2.08. The maximum atomic E-state index is 11.6. The van der Waals surface area contributed by atoms with Gasteiger partial charge in [-0.15, -0.1) is 5.73 Å². The largest absolute Gasteiger partial charge is 0.462 e. The third-order valence-electron chi connectivity index (χ3n) is 3.01. The summed E-state index contributed by atoms with van der Waals surface area (Å²) < 4.78 is 4.94. The molecule has 1 rings (SSSR count). The van der Waals surface area contributed by atoms with E-state index >= 15 is 0 Å². The first-order valence-corrected chi connectivity index (χ1v) is 6.93. The Morgan fingerprint density at radius 2 is 1.95 bits per heavy atom. The summed E-state index contributed by atoms with van der Waals surface area (Å²) in [6.45, 7) is 7.65. The van der Waals surface area contributed by atoms with Gasteiger partial charge in [0.1, 0.15) is 0 Å². The van der Waals surface area contributed by atoms with E-state index in [1.165, 1.54) is 0 Å². The van der Waals surface area contributed by atoms with E-state index in [9.17, 15) is 9.90 Å². The summed E-state index contributed by atoms with van der Waals surface area (Å²) in [5.74, 6) is -0.308. The zero-order valence-electron chi connectivity index (χ0n) is 12.2. The Morgan fingerprint density at radius 1 is 1.35 bits per heavy atom. The first-order chi connectivity index (χ1) is 9.58. The van der Waals surface area contributed by atoms with Gasteiger partial charge >= 0.3 is 5.97 Å². The van der Waals surface area contributed by atoms with E-state index in [-0.39, 0.29) is 12.1 Å². The molecule has 108 valence electrons. The minimum absolute atomic E-state index is 0.285. The van der Waals surface area contributed by atoms with Crippen molar-refractivity contribution in [2.45, 2.75) is 39.2 Å².